The van der Waals surface area contributed by atoms with E-state index < -0.39 is 52.1 Å². The zero-order valence-electron chi connectivity index (χ0n) is 10.7. The third kappa shape index (κ3) is 3.40. The van der Waals surface area contributed by atoms with E-state index in [-0.39, 0.29) is 6.61 Å². The first-order valence-corrected chi connectivity index (χ1v) is 7.14. The van der Waals surface area contributed by atoms with E-state index in [2.05, 4.69) is 4.18 Å². The van der Waals surface area contributed by atoms with Crippen molar-refractivity contribution in [3.8, 4) is 0 Å². The molecule has 10 heteroatoms. The van der Waals surface area contributed by atoms with Crippen LogP contribution in [0.2, 0.25) is 0 Å². The number of hydrogen-bond donors (Lipinski definition) is 0. The first kappa shape index (κ1) is 17.2. The molecule has 0 aromatic rings. The molecule has 0 aliphatic heterocycles. The van der Waals surface area contributed by atoms with E-state index >= 15 is 0 Å². The lowest BCUT2D eigenvalue weighted by molar-refractivity contribution is -0.154. The van der Waals surface area contributed by atoms with Crippen LogP contribution in [-0.4, -0.2) is 38.8 Å². The summed E-state index contributed by atoms with van der Waals surface area (Å²) >= 11 is 0. The van der Waals surface area contributed by atoms with Crippen LogP contribution in [0.1, 0.15) is 26.7 Å². The van der Waals surface area contributed by atoms with Crippen LogP contribution in [0.15, 0.2) is 0 Å². The standard InChI is InChI=1S/C10H14F4O5S/c1-3-18-8(15)9(2)4-6(11)7(5-9)19-20(16,17)10(12,13)14/h6-7H,3-5H2,1-2H3/t6-,7-,9+/m1/s1. The summed E-state index contributed by atoms with van der Waals surface area (Å²) in [7, 11) is -5.89. The van der Waals surface area contributed by atoms with Crippen molar-refractivity contribution in [3.63, 3.8) is 0 Å². The Balaban J connectivity index is 2.84. The van der Waals surface area contributed by atoms with Gasteiger partial charge in [-0.15, -0.1) is 0 Å². The molecule has 0 unspecified atom stereocenters. The average molecular weight is 322 g/mol. The molecule has 1 fully saturated rings. The minimum atomic E-state index is -5.89. The van der Waals surface area contributed by atoms with E-state index in [0.29, 0.717) is 0 Å². The van der Waals surface area contributed by atoms with Gasteiger partial charge in [0.1, 0.15) is 12.3 Å². The Morgan fingerprint density at radius 3 is 2.35 bits per heavy atom. The van der Waals surface area contributed by atoms with Gasteiger partial charge in [-0.1, -0.05) is 0 Å². The topological polar surface area (TPSA) is 69.7 Å². The van der Waals surface area contributed by atoms with Gasteiger partial charge in [0.15, 0.2) is 0 Å². The first-order chi connectivity index (χ1) is 8.93. The fourth-order valence-electron chi connectivity index (χ4n) is 2.00. The van der Waals surface area contributed by atoms with E-state index in [0.717, 1.165) is 0 Å². The molecule has 0 N–H and O–H groups in total. The first-order valence-electron chi connectivity index (χ1n) is 5.74. The molecule has 0 aromatic heterocycles. The quantitative estimate of drug-likeness (QED) is 0.342. The monoisotopic (exact) mass is 322 g/mol. The number of hydrogen-bond acceptors (Lipinski definition) is 5. The lowest BCUT2D eigenvalue weighted by Crippen LogP contribution is -2.33. The van der Waals surface area contributed by atoms with Gasteiger partial charge in [0.2, 0.25) is 0 Å². The molecule has 118 valence electrons. The summed E-state index contributed by atoms with van der Waals surface area (Å²) in [5.74, 6) is -0.793. The molecular formula is C10H14F4O5S. The molecule has 1 aliphatic carbocycles. The summed E-state index contributed by atoms with van der Waals surface area (Å²) in [4.78, 5) is 11.6. The van der Waals surface area contributed by atoms with Crippen LogP contribution in [0.5, 0.6) is 0 Å². The summed E-state index contributed by atoms with van der Waals surface area (Å²) in [5.41, 5.74) is -7.03. The minimum Gasteiger partial charge on any atom is -0.466 e. The molecule has 5 nitrogen and oxygen atoms in total. The van der Waals surface area contributed by atoms with Gasteiger partial charge in [-0.2, -0.15) is 21.6 Å². The summed E-state index contributed by atoms with van der Waals surface area (Å²) in [5, 5.41) is 0. The predicted octanol–water partition coefficient (Wildman–Crippen LogP) is 1.92. The van der Waals surface area contributed by atoms with Crippen molar-refractivity contribution in [3.05, 3.63) is 0 Å². The van der Waals surface area contributed by atoms with Gasteiger partial charge in [0.05, 0.1) is 12.0 Å². The smallest absolute Gasteiger partial charge is 0.466 e. The average Bonchev–Trinajstić information content (AvgIpc) is 2.53. The summed E-state index contributed by atoms with van der Waals surface area (Å²) < 4.78 is 80.3. The molecule has 3 atom stereocenters. The highest BCUT2D eigenvalue weighted by molar-refractivity contribution is 7.87. The fourth-order valence-corrected chi connectivity index (χ4v) is 2.62. The third-order valence-corrected chi connectivity index (χ3v) is 4.07. The van der Waals surface area contributed by atoms with Crippen LogP contribution in [0.3, 0.4) is 0 Å². The second kappa shape index (κ2) is 5.47. The Kier molecular flexibility index (Phi) is 4.69. The fraction of sp³-hybridized carbons (Fsp3) is 0.900. The number of rotatable bonds is 4. The van der Waals surface area contributed by atoms with E-state index in [9.17, 15) is 30.8 Å². The largest absolute Gasteiger partial charge is 0.523 e. The number of ether oxygens (including phenoxy) is 1. The Hall–Kier alpha value is -0.900. The highest BCUT2D eigenvalue weighted by Crippen LogP contribution is 2.43. The molecule has 1 rings (SSSR count). The second-order valence-electron chi connectivity index (χ2n) is 4.74. The molecule has 20 heavy (non-hydrogen) atoms. The Morgan fingerprint density at radius 2 is 1.90 bits per heavy atom. The van der Waals surface area contributed by atoms with Gasteiger partial charge >= 0.3 is 21.6 Å². The molecular weight excluding hydrogens is 308 g/mol. The summed E-state index contributed by atoms with van der Waals surface area (Å²) in [6, 6.07) is 0. The van der Waals surface area contributed by atoms with E-state index in [1.54, 1.807) is 0 Å². The highest BCUT2D eigenvalue weighted by Gasteiger charge is 2.55. The zero-order chi connectivity index (χ0) is 15.8. The predicted molar refractivity (Wildman–Crippen MR) is 58.7 cm³/mol. The maximum atomic E-state index is 13.6. The normalized spacial score (nSPS) is 31.3. The van der Waals surface area contributed by atoms with Gasteiger partial charge in [0, 0.05) is 0 Å². The number of alkyl halides is 4. The molecule has 0 saturated heterocycles. The molecule has 0 amide bonds. The molecule has 0 heterocycles. The zero-order valence-corrected chi connectivity index (χ0v) is 11.6. The number of esters is 1. The SMILES string of the molecule is CCOC(=O)[C@@]1(C)C[C@@H](F)[C@H](OS(=O)(=O)C(F)(F)F)C1. The van der Waals surface area contributed by atoms with Crippen LogP contribution in [0.25, 0.3) is 0 Å². The van der Waals surface area contributed by atoms with Crippen LogP contribution in [0, 0.1) is 5.41 Å². The maximum absolute atomic E-state index is 13.6. The van der Waals surface area contributed by atoms with E-state index in [4.69, 9.17) is 4.74 Å². The van der Waals surface area contributed by atoms with Crippen LogP contribution in [-0.2, 0) is 23.8 Å². The van der Waals surface area contributed by atoms with Gasteiger partial charge in [-0.3, -0.25) is 8.98 Å². The van der Waals surface area contributed by atoms with Crippen molar-refractivity contribution < 1.29 is 39.7 Å². The maximum Gasteiger partial charge on any atom is 0.523 e. The molecule has 0 aromatic carbocycles. The highest BCUT2D eigenvalue weighted by atomic mass is 32.2. The van der Waals surface area contributed by atoms with Gasteiger partial charge in [-0.25, -0.2) is 4.39 Å². The number of carbonyl (C=O) groups is 1. The van der Waals surface area contributed by atoms with Crippen molar-refractivity contribution in [1.82, 2.24) is 0 Å². The lowest BCUT2D eigenvalue weighted by atomic mass is 9.89. The van der Waals surface area contributed by atoms with E-state index in [1.807, 2.05) is 0 Å². The van der Waals surface area contributed by atoms with Crippen molar-refractivity contribution in [2.75, 3.05) is 6.61 Å². The number of carbonyl (C=O) groups excluding carboxylic acids is 1. The Labute approximate surface area is 113 Å². The van der Waals surface area contributed by atoms with E-state index in [1.165, 1.54) is 13.8 Å². The van der Waals surface area contributed by atoms with Crippen LogP contribution >= 0.6 is 0 Å². The molecule has 1 aliphatic rings. The van der Waals surface area contributed by atoms with Crippen LogP contribution in [0.4, 0.5) is 17.6 Å². The molecule has 1 saturated carbocycles. The molecule has 0 bridgehead atoms. The van der Waals surface area contributed by atoms with Crippen molar-refractivity contribution in [1.29, 1.82) is 0 Å². The Bertz CT molecular complexity index is 475. The molecule has 0 spiro atoms. The van der Waals surface area contributed by atoms with Gasteiger partial charge in [-0.05, 0) is 26.7 Å². The second-order valence-corrected chi connectivity index (χ2v) is 6.30. The minimum absolute atomic E-state index is 0.0255. The van der Waals surface area contributed by atoms with Crippen molar-refractivity contribution >= 4 is 16.1 Å². The number of halogens is 4. The van der Waals surface area contributed by atoms with Crippen LogP contribution < -0.4 is 0 Å². The summed E-state index contributed by atoms with van der Waals surface area (Å²) in [6.45, 7) is 2.84. The molecule has 0 radical (unpaired) electrons. The van der Waals surface area contributed by atoms with Crippen molar-refractivity contribution in [2.24, 2.45) is 5.41 Å². The van der Waals surface area contributed by atoms with Crippen molar-refractivity contribution in [2.45, 2.75) is 44.5 Å². The Morgan fingerprint density at radius 1 is 1.35 bits per heavy atom. The van der Waals surface area contributed by atoms with Gasteiger partial charge < -0.3 is 4.74 Å². The van der Waals surface area contributed by atoms with Gasteiger partial charge in [0.25, 0.3) is 0 Å². The third-order valence-electron chi connectivity index (χ3n) is 3.00. The summed E-state index contributed by atoms with van der Waals surface area (Å²) in [6.07, 6.45) is -4.80. The lowest BCUT2D eigenvalue weighted by Gasteiger charge is -2.21.